The molecular weight excluding hydrogens is 254 g/mol. The van der Waals surface area contributed by atoms with Crippen LogP contribution in [0, 0.1) is 0 Å². The lowest BCUT2D eigenvalue weighted by Crippen LogP contribution is -3.18. The van der Waals surface area contributed by atoms with Crippen LogP contribution in [-0.4, -0.2) is 12.1 Å². The fourth-order valence-electron chi connectivity index (χ4n) is 3.30. The van der Waals surface area contributed by atoms with Gasteiger partial charge >= 0.3 is 0 Å². The number of hydrogen-bond donors (Lipinski definition) is 1. The average Bonchev–Trinajstić information content (AvgIpc) is 2.42. The van der Waals surface area contributed by atoms with E-state index in [0.29, 0.717) is 12.1 Å². The molecule has 0 fully saturated rings. The van der Waals surface area contributed by atoms with Crippen LogP contribution >= 0.6 is 0 Å². The summed E-state index contributed by atoms with van der Waals surface area (Å²) in [5.74, 6) is 0. The van der Waals surface area contributed by atoms with Gasteiger partial charge in [0.15, 0.2) is 0 Å². The van der Waals surface area contributed by atoms with E-state index in [1.807, 2.05) is 0 Å². The van der Waals surface area contributed by atoms with E-state index in [0.717, 1.165) is 25.8 Å². The van der Waals surface area contributed by atoms with Gasteiger partial charge in [0.05, 0.1) is 6.04 Å². The molecule has 1 aliphatic heterocycles. The van der Waals surface area contributed by atoms with Gasteiger partial charge in [0.2, 0.25) is 0 Å². The minimum Gasteiger partial charge on any atom is -0.322 e. The van der Waals surface area contributed by atoms with Gasteiger partial charge in [-0.15, -0.1) is 0 Å². The van der Waals surface area contributed by atoms with Crippen molar-refractivity contribution in [1.29, 1.82) is 0 Å². The highest BCUT2D eigenvalue weighted by Gasteiger charge is 2.31. The predicted octanol–water partition coefficient (Wildman–Crippen LogP) is 3.70. The second kappa shape index (κ2) is 7.42. The lowest BCUT2D eigenvalue weighted by atomic mass is 9.93. The maximum absolute atomic E-state index is 4.12. The molecule has 0 bridgehead atoms. The van der Waals surface area contributed by atoms with Gasteiger partial charge in [0.25, 0.3) is 0 Å². The highest BCUT2D eigenvalue weighted by molar-refractivity contribution is 5.14. The summed E-state index contributed by atoms with van der Waals surface area (Å²) in [7, 11) is 0. The van der Waals surface area contributed by atoms with Crippen LogP contribution in [0.3, 0.4) is 0 Å². The molecule has 0 amide bonds. The second-order valence-corrected chi connectivity index (χ2v) is 6.53. The zero-order chi connectivity index (χ0) is 15.2. The van der Waals surface area contributed by atoms with Crippen LogP contribution in [0.1, 0.15) is 38.7 Å². The zero-order valence-corrected chi connectivity index (χ0v) is 13.4. The van der Waals surface area contributed by atoms with E-state index in [2.05, 4.69) is 69.5 Å². The molecule has 1 aromatic carbocycles. The number of nitrogens with one attached hydrogen (secondary N) is 1. The summed E-state index contributed by atoms with van der Waals surface area (Å²) in [5.41, 5.74) is 3.97. The van der Waals surface area contributed by atoms with E-state index >= 15 is 0 Å². The molecule has 0 spiro atoms. The van der Waals surface area contributed by atoms with Gasteiger partial charge < -0.3 is 4.90 Å². The molecule has 112 valence electrons. The van der Waals surface area contributed by atoms with Gasteiger partial charge in [-0.3, -0.25) is 0 Å². The van der Waals surface area contributed by atoms with Gasteiger partial charge in [-0.25, -0.2) is 0 Å². The van der Waals surface area contributed by atoms with Crippen molar-refractivity contribution >= 4 is 0 Å². The maximum atomic E-state index is 4.12. The molecule has 3 atom stereocenters. The summed E-state index contributed by atoms with van der Waals surface area (Å²) in [6.45, 7) is 13.6. The van der Waals surface area contributed by atoms with Crippen LogP contribution in [0.15, 0.2) is 66.8 Å². The van der Waals surface area contributed by atoms with Crippen molar-refractivity contribution in [1.82, 2.24) is 0 Å². The molecule has 1 nitrogen and oxygen atoms in total. The Morgan fingerprint density at radius 2 is 1.76 bits per heavy atom. The molecular formula is C20H28N+. The normalized spacial score (nSPS) is 24.8. The number of hydrogen-bond acceptors (Lipinski definition) is 0. The van der Waals surface area contributed by atoms with E-state index in [1.165, 1.54) is 16.7 Å². The van der Waals surface area contributed by atoms with Crippen molar-refractivity contribution in [2.24, 2.45) is 0 Å². The summed E-state index contributed by atoms with van der Waals surface area (Å²) in [4.78, 5) is 1.66. The van der Waals surface area contributed by atoms with E-state index in [-0.39, 0.29) is 0 Å². The fraction of sp³-hybridized carbons (Fsp3) is 0.400. The fourth-order valence-corrected chi connectivity index (χ4v) is 3.30. The lowest BCUT2D eigenvalue weighted by molar-refractivity contribution is -0.957. The topological polar surface area (TPSA) is 4.44 Å². The van der Waals surface area contributed by atoms with Crippen LogP contribution in [0.4, 0.5) is 0 Å². The minimum atomic E-state index is 0.542. The molecule has 0 radical (unpaired) electrons. The first-order valence-electron chi connectivity index (χ1n) is 7.91. The monoisotopic (exact) mass is 282 g/mol. The van der Waals surface area contributed by atoms with Crippen molar-refractivity contribution in [3.05, 3.63) is 72.4 Å². The Morgan fingerprint density at radius 1 is 1.10 bits per heavy atom. The third kappa shape index (κ3) is 4.71. The Morgan fingerprint density at radius 3 is 2.38 bits per heavy atom. The maximum Gasteiger partial charge on any atom is 0.110 e. The highest BCUT2D eigenvalue weighted by Crippen LogP contribution is 2.13. The SMILES string of the molecule is C=C(C)C[C@@H]1CC=C[C@H](CC(=C)C)[NH+]1Cc1ccccc1. The summed E-state index contributed by atoms with van der Waals surface area (Å²) in [6.07, 6.45) is 8.09. The van der Waals surface area contributed by atoms with Crippen LogP contribution in [-0.2, 0) is 6.54 Å². The van der Waals surface area contributed by atoms with Crippen LogP contribution in [0.5, 0.6) is 0 Å². The van der Waals surface area contributed by atoms with E-state index in [1.54, 1.807) is 4.90 Å². The second-order valence-electron chi connectivity index (χ2n) is 6.53. The molecule has 0 saturated carbocycles. The summed E-state index contributed by atoms with van der Waals surface area (Å²) >= 11 is 0. The Bertz CT molecular complexity index is 512. The van der Waals surface area contributed by atoms with Gasteiger partial charge in [-0.1, -0.05) is 60.7 Å². The van der Waals surface area contributed by atoms with Crippen molar-refractivity contribution in [3.8, 4) is 0 Å². The number of benzene rings is 1. The molecule has 1 aromatic rings. The van der Waals surface area contributed by atoms with Gasteiger partial charge in [0.1, 0.15) is 12.6 Å². The molecule has 0 aromatic heterocycles. The summed E-state index contributed by atoms with van der Waals surface area (Å²) in [6, 6.07) is 12.0. The van der Waals surface area contributed by atoms with Crippen LogP contribution in [0.25, 0.3) is 0 Å². The molecule has 0 saturated heterocycles. The number of quaternary nitrogens is 1. The standard InChI is InChI=1S/C20H27N/c1-16(2)13-19-11-8-12-20(14-17(3)4)21(19)15-18-9-6-5-7-10-18/h5-11,19-20H,1,3,12-15H2,2,4H3/p+1/t19-,20+/m1/s1. The molecule has 2 rings (SSSR count). The third-order valence-electron chi connectivity index (χ3n) is 4.20. The van der Waals surface area contributed by atoms with Gasteiger partial charge in [0, 0.05) is 24.8 Å². The zero-order valence-electron chi connectivity index (χ0n) is 13.4. The lowest BCUT2D eigenvalue weighted by Gasteiger charge is -2.36. The first-order valence-corrected chi connectivity index (χ1v) is 7.91. The number of rotatable bonds is 6. The first-order chi connectivity index (χ1) is 10.1. The van der Waals surface area contributed by atoms with Crippen molar-refractivity contribution < 1.29 is 4.90 Å². The predicted molar refractivity (Wildman–Crippen MR) is 91.3 cm³/mol. The molecule has 1 heteroatoms. The van der Waals surface area contributed by atoms with Crippen molar-refractivity contribution in [3.63, 3.8) is 0 Å². The van der Waals surface area contributed by atoms with Crippen molar-refractivity contribution in [2.45, 2.75) is 51.7 Å². The van der Waals surface area contributed by atoms with Crippen molar-refractivity contribution in [2.75, 3.05) is 0 Å². The molecule has 1 N–H and O–H groups in total. The Hall–Kier alpha value is -1.60. The molecule has 1 aliphatic rings. The Balaban J connectivity index is 2.19. The van der Waals surface area contributed by atoms with Gasteiger partial charge in [-0.2, -0.15) is 0 Å². The van der Waals surface area contributed by atoms with Crippen LogP contribution < -0.4 is 4.90 Å². The molecule has 1 unspecified atom stereocenters. The van der Waals surface area contributed by atoms with Gasteiger partial charge in [-0.05, 0) is 19.9 Å². The smallest absolute Gasteiger partial charge is 0.110 e. The van der Waals surface area contributed by atoms with E-state index in [9.17, 15) is 0 Å². The quantitative estimate of drug-likeness (QED) is 0.759. The molecule has 1 heterocycles. The highest BCUT2D eigenvalue weighted by atomic mass is 15.2. The van der Waals surface area contributed by atoms with E-state index < -0.39 is 0 Å². The van der Waals surface area contributed by atoms with Crippen LogP contribution in [0.2, 0.25) is 0 Å². The largest absolute Gasteiger partial charge is 0.322 e. The minimum absolute atomic E-state index is 0.542. The average molecular weight is 282 g/mol. The van der Waals surface area contributed by atoms with E-state index in [4.69, 9.17) is 0 Å². The Kier molecular flexibility index (Phi) is 5.58. The molecule has 0 aliphatic carbocycles. The Labute approximate surface area is 129 Å². The summed E-state index contributed by atoms with van der Waals surface area (Å²) in [5, 5.41) is 0. The summed E-state index contributed by atoms with van der Waals surface area (Å²) < 4.78 is 0. The third-order valence-corrected chi connectivity index (χ3v) is 4.20. The first kappa shape index (κ1) is 15.8. The molecule has 21 heavy (non-hydrogen) atoms.